The number of nitrogens with zero attached hydrogens (tertiary/aromatic N) is 5. The number of ether oxygens (including phenoxy) is 1. The number of rotatable bonds is 6. The zero-order valence-corrected chi connectivity index (χ0v) is 19.8. The standard InChI is InChI=1S/C26H28FN5O2/c1-16-15-31(9-10-32(16)23(33)8-11-34-3)26-21(14-29)17(2)24(25(30-26)18-4-5-18)19-6-7-22(27)20(12-19)13-28/h6-7,12,16,18H,4-5,8-11,15H2,1-3H3/t16-/m1/s1. The third-order valence-corrected chi connectivity index (χ3v) is 6.67. The Bertz CT molecular complexity index is 1200. The zero-order valence-electron chi connectivity index (χ0n) is 19.8. The lowest BCUT2D eigenvalue weighted by Gasteiger charge is -2.41. The summed E-state index contributed by atoms with van der Waals surface area (Å²) in [4.78, 5) is 21.5. The number of carbonyl (C=O) groups is 1. The molecule has 4 rings (SSSR count). The van der Waals surface area contributed by atoms with Gasteiger partial charge in [0.25, 0.3) is 0 Å². The second-order valence-corrected chi connectivity index (χ2v) is 9.01. The first-order valence-corrected chi connectivity index (χ1v) is 11.6. The Balaban J connectivity index is 1.72. The normalized spacial score (nSPS) is 17.9. The second kappa shape index (κ2) is 9.79. The molecule has 2 aromatic rings. The largest absolute Gasteiger partial charge is 0.384 e. The van der Waals surface area contributed by atoms with Crippen molar-refractivity contribution in [2.24, 2.45) is 0 Å². The molecular formula is C26H28FN5O2. The fraction of sp³-hybridized carbons (Fsp3) is 0.462. The lowest BCUT2D eigenvalue weighted by Crippen LogP contribution is -2.54. The maximum atomic E-state index is 14.0. The van der Waals surface area contributed by atoms with Gasteiger partial charge in [0.05, 0.1) is 29.8 Å². The topological polar surface area (TPSA) is 93.2 Å². The van der Waals surface area contributed by atoms with Crippen LogP contribution in [0.1, 0.15) is 54.5 Å². The van der Waals surface area contributed by atoms with Crippen molar-refractivity contribution < 1.29 is 13.9 Å². The van der Waals surface area contributed by atoms with Crippen LogP contribution in [0.2, 0.25) is 0 Å². The van der Waals surface area contributed by atoms with Crippen LogP contribution in [-0.2, 0) is 9.53 Å². The number of hydrogen-bond donors (Lipinski definition) is 0. The molecule has 1 aromatic carbocycles. The van der Waals surface area contributed by atoms with Crippen molar-refractivity contribution in [3.8, 4) is 23.3 Å². The van der Waals surface area contributed by atoms with Gasteiger partial charge in [-0.25, -0.2) is 9.37 Å². The van der Waals surface area contributed by atoms with Crippen molar-refractivity contribution in [2.45, 2.75) is 45.1 Å². The van der Waals surface area contributed by atoms with Gasteiger partial charge in [-0.2, -0.15) is 10.5 Å². The van der Waals surface area contributed by atoms with Crippen LogP contribution in [0.15, 0.2) is 18.2 Å². The van der Waals surface area contributed by atoms with Gasteiger partial charge in [0.15, 0.2) is 0 Å². The van der Waals surface area contributed by atoms with Gasteiger partial charge in [-0.1, -0.05) is 6.07 Å². The van der Waals surface area contributed by atoms with Gasteiger partial charge in [0.2, 0.25) is 5.91 Å². The Morgan fingerprint density at radius 1 is 1.26 bits per heavy atom. The van der Waals surface area contributed by atoms with Gasteiger partial charge in [0, 0.05) is 44.3 Å². The van der Waals surface area contributed by atoms with E-state index < -0.39 is 5.82 Å². The number of anilines is 1. The molecular weight excluding hydrogens is 433 g/mol. The number of amides is 1. The van der Waals surface area contributed by atoms with E-state index in [0.717, 1.165) is 29.7 Å². The number of benzene rings is 1. The summed E-state index contributed by atoms with van der Waals surface area (Å²) in [6, 6.07) is 8.70. The molecule has 1 amide bonds. The van der Waals surface area contributed by atoms with Gasteiger partial charge in [-0.3, -0.25) is 4.79 Å². The molecule has 0 radical (unpaired) electrons. The van der Waals surface area contributed by atoms with Crippen molar-refractivity contribution in [3.05, 3.63) is 46.4 Å². The highest BCUT2D eigenvalue weighted by Crippen LogP contribution is 2.46. The summed E-state index contributed by atoms with van der Waals surface area (Å²) in [5.41, 5.74) is 3.66. The molecule has 34 heavy (non-hydrogen) atoms. The molecule has 8 heteroatoms. The molecule has 0 bridgehead atoms. The number of methoxy groups -OCH3 is 1. The molecule has 1 saturated carbocycles. The van der Waals surface area contributed by atoms with E-state index in [2.05, 4.69) is 11.0 Å². The highest BCUT2D eigenvalue weighted by Gasteiger charge is 2.34. The molecule has 1 aliphatic carbocycles. The van der Waals surface area contributed by atoms with Crippen LogP contribution in [0.4, 0.5) is 10.2 Å². The summed E-state index contributed by atoms with van der Waals surface area (Å²) in [5, 5.41) is 19.4. The summed E-state index contributed by atoms with van der Waals surface area (Å²) in [5.74, 6) is 0.431. The molecule has 7 nitrogen and oxygen atoms in total. The van der Waals surface area contributed by atoms with Crippen molar-refractivity contribution in [2.75, 3.05) is 38.3 Å². The lowest BCUT2D eigenvalue weighted by atomic mass is 9.92. The van der Waals surface area contributed by atoms with E-state index in [0.29, 0.717) is 49.6 Å². The average molecular weight is 462 g/mol. The SMILES string of the molecule is COCCC(=O)N1CCN(c2nc(C3CC3)c(-c3ccc(F)c(C#N)c3)c(C)c2C#N)C[C@H]1C. The lowest BCUT2D eigenvalue weighted by molar-refractivity contribution is -0.134. The minimum atomic E-state index is -0.561. The minimum Gasteiger partial charge on any atom is -0.384 e. The van der Waals surface area contributed by atoms with E-state index in [4.69, 9.17) is 9.72 Å². The molecule has 1 atom stereocenters. The van der Waals surface area contributed by atoms with Crippen LogP contribution in [0, 0.1) is 35.4 Å². The van der Waals surface area contributed by atoms with Crippen LogP contribution in [0.25, 0.3) is 11.1 Å². The van der Waals surface area contributed by atoms with Crippen LogP contribution in [0.5, 0.6) is 0 Å². The molecule has 0 spiro atoms. The number of hydrogen-bond acceptors (Lipinski definition) is 6. The average Bonchev–Trinajstić information content (AvgIpc) is 3.68. The Kier molecular flexibility index (Phi) is 6.81. The van der Waals surface area contributed by atoms with Crippen LogP contribution < -0.4 is 4.90 Å². The van der Waals surface area contributed by atoms with E-state index in [1.54, 1.807) is 19.2 Å². The number of piperazine rings is 1. The quantitative estimate of drug-likeness (QED) is 0.648. The Morgan fingerprint density at radius 2 is 2.03 bits per heavy atom. The predicted molar refractivity (Wildman–Crippen MR) is 126 cm³/mol. The van der Waals surface area contributed by atoms with Gasteiger partial charge >= 0.3 is 0 Å². The first-order chi connectivity index (χ1) is 16.4. The van der Waals surface area contributed by atoms with Gasteiger partial charge in [-0.05, 0) is 49.9 Å². The van der Waals surface area contributed by atoms with E-state index in [9.17, 15) is 19.7 Å². The van der Waals surface area contributed by atoms with E-state index in [1.807, 2.05) is 24.8 Å². The number of carbonyl (C=O) groups excluding carboxylic acids is 1. The van der Waals surface area contributed by atoms with Crippen molar-refractivity contribution >= 4 is 11.7 Å². The molecule has 1 saturated heterocycles. The highest BCUT2D eigenvalue weighted by molar-refractivity contribution is 5.79. The maximum Gasteiger partial charge on any atom is 0.225 e. The minimum absolute atomic E-state index is 0.0221. The fourth-order valence-corrected chi connectivity index (χ4v) is 4.71. The Hall–Kier alpha value is -3.49. The summed E-state index contributed by atoms with van der Waals surface area (Å²) in [7, 11) is 1.58. The molecule has 0 N–H and O–H groups in total. The molecule has 1 aromatic heterocycles. The monoisotopic (exact) mass is 461 g/mol. The molecule has 1 aliphatic heterocycles. The highest BCUT2D eigenvalue weighted by atomic mass is 19.1. The second-order valence-electron chi connectivity index (χ2n) is 9.01. The van der Waals surface area contributed by atoms with Crippen molar-refractivity contribution in [1.82, 2.24) is 9.88 Å². The zero-order chi connectivity index (χ0) is 24.4. The van der Waals surface area contributed by atoms with E-state index >= 15 is 0 Å². The van der Waals surface area contributed by atoms with Crippen LogP contribution in [-0.4, -0.2) is 55.2 Å². The summed E-state index contributed by atoms with van der Waals surface area (Å²) in [6.07, 6.45) is 2.37. The van der Waals surface area contributed by atoms with Crippen molar-refractivity contribution in [3.63, 3.8) is 0 Å². The smallest absolute Gasteiger partial charge is 0.225 e. The summed E-state index contributed by atoms with van der Waals surface area (Å²) < 4.78 is 19.0. The van der Waals surface area contributed by atoms with E-state index in [-0.39, 0.29) is 23.4 Å². The molecule has 2 heterocycles. The van der Waals surface area contributed by atoms with Gasteiger partial charge < -0.3 is 14.5 Å². The van der Waals surface area contributed by atoms with Crippen molar-refractivity contribution in [1.29, 1.82) is 10.5 Å². The maximum absolute atomic E-state index is 14.0. The molecule has 2 aliphatic rings. The number of pyridine rings is 1. The van der Waals surface area contributed by atoms with Crippen LogP contribution >= 0.6 is 0 Å². The van der Waals surface area contributed by atoms with Crippen LogP contribution in [0.3, 0.4) is 0 Å². The Morgan fingerprint density at radius 3 is 2.65 bits per heavy atom. The van der Waals surface area contributed by atoms with E-state index in [1.165, 1.54) is 6.07 Å². The summed E-state index contributed by atoms with van der Waals surface area (Å²) in [6.45, 7) is 6.02. The molecule has 2 fully saturated rings. The van der Waals surface area contributed by atoms with Gasteiger partial charge in [0.1, 0.15) is 23.8 Å². The number of halogens is 1. The van der Waals surface area contributed by atoms with Gasteiger partial charge in [-0.15, -0.1) is 0 Å². The molecule has 176 valence electrons. The predicted octanol–water partition coefficient (Wildman–Crippen LogP) is 3.89. The summed E-state index contributed by atoms with van der Waals surface area (Å²) >= 11 is 0. The third-order valence-electron chi connectivity index (χ3n) is 6.67. The first-order valence-electron chi connectivity index (χ1n) is 11.6. The molecule has 0 unspecified atom stereocenters. The third kappa shape index (κ3) is 4.47. The number of nitriles is 2. The number of aromatic nitrogens is 1. The Labute approximate surface area is 199 Å². The first kappa shape index (κ1) is 23.7. The fourth-order valence-electron chi connectivity index (χ4n) is 4.71.